The van der Waals surface area contributed by atoms with Crippen molar-refractivity contribution < 1.29 is 13.9 Å². The van der Waals surface area contributed by atoms with Crippen LogP contribution in [0.25, 0.3) is 11.1 Å². The molecule has 0 radical (unpaired) electrons. The van der Waals surface area contributed by atoms with Crippen molar-refractivity contribution in [2.24, 2.45) is 11.0 Å². The maximum atomic E-state index is 14.8. The third-order valence-corrected chi connectivity index (χ3v) is 6.44. The number of nitrogens with one attached hydrogen (secondary N) is 2. The Morgan fingerprint density at radius 2 is 2.00 bits per heavy atom. The van der Waals surface area contributed by atoms with Crippen molar-refractivity contribution in [1.82, 2.24) is 10.7 Å². The number of hydrogen-bond acceptors (Lipinski definition) is 5. The van der Waals surface area contributed by atoms with E-state index in [1.807, 2.05) is 30.0 Å². The molecule has 0 spiro atoms. The molecule has 5 rings (SSSR count). The predicted octanol–water partition coefficient (Wildman–Crippen LogP) is 3.66. The minimum Gasteiger partial charge on any atom is -0.483 e. The van der Waals surface area contributed by atoms with Gasteiger partial charge in [0.2, 0.25) is 0 Å². The number of nitrogens with zero attached hydrogens (tertiary/aromatic N) is 2. The van der Waals surface area contributed by atoms with Crippen LogP contribution in [0.4, 0.5) is 10.1 Å². The first kappa shape index (κ1) is 21.6. The Morgan fingerprint density at radius 1 is 1.19 bits per heavy atom. The van der Waals surface area contributed by atoms with E-state index < -0.39 is 6.04 Å². The van der Waals surface area contributed by atoms with Gasteiger partial charge in [-0.3, -0.25) is 4.79 Å². The van der Waals surface area contributed by atoms with Gasteiger partial charge in [-0.2, -0.15) is 5.10 Å². The van der Waals surface area contributed by atoms with Crippen molar-refractivity contribution in [3.05, 3.63) is 47.8 Å². The van der Waals surface area contributed by atoms with E-state index in [1.54, 1.807) is 6.07 Å². The first-order valence-corrected chi connectivity index (χ1v) is 10.5. The Hall–Kier alpha value is -2.64. The van der Waals surface area contributed by atoms with Gasteiger partial charge >= 0.3 is 0 Å². The molecule has 1 fully saturated rings. The monoisotopic (exact) mass is 444 g/mol. The predicted molar refractivity (Wildman–Crippen MR) is 121 cm³/mol. The lowest BCUT2D eigenvalue weighted by atomic mass is 9.78. The second kappa shape index (κ2) is 8.48. The zero-order valence-corrected chi connectivity index (χ0v) is 18.3. The smallest absolute Gasteiger partial charge is 0.262 e. The van der Waals surface area contributed by atoms with Crippen molar-refractivity contribution in [3.63, 3.8) is 0 Å². The van der Waals surface area contributed by atoms with Crippen LogP contribution in [0.5, 0.6) is 5.75 Å². The Labute approximate surface area is 187 Å². The van der Waals surface area contributed by atoms with Gasteiger partial charge in [-0.05, 0) is 67.6 Å². The van der Waals surface area contributed by atoms with Crippen molar-refractivity contribution in [3.8, 4) is 16.9 Å². The van der Waals surface area contributed by atoms with Crippen LogP contribution in [0.15, 0.2) is 41.5 Å². The van der Waals surface area contributed by atoms with Crippen molar-refractivity contribution in [2.45, 2.75) is 32.2 Å². The molecule has 3 aliphatic heterocycles. The second-order valence-electron chi connectivity index (χ2n) is 8.30. The highest BCUT2D eigenvalue weighted by atomic mass is 35.5. The molecule has 2 aromatic rings. The fourth-order valence-corrected chi connectivity index (χ4v) is 4.78. The Bertz CT molecular complexity index is 1040. The Morgan fingerprint density at radius 3 is 2.77 bits per heavy atom. The molecular weight excluding hydrogens is 419 g/mol. The minimum absolute atomic E-state index is 0. The molecule has 1 saturated heterocycles. The summed E-state index contributed by atoms with van der Waals surface area (Å²) in [6, 6.07) is 10.5. The number of piperidine rings is 1. The van der Waals surface area contributed by atoms with Crippen LogP contribution in [0.2, 0.25) is 0 Å². The summed E-state index contributed by atoms with van der Waals surface area (Å²) in [5, 5.41) is 7.63. The van der Waals surface area contributed by atoms with Crippen molar-refractivity contribution >= 4 is 29.8 Å². The standard InChI is InChI=1S/C23H25FN4O2.ClH/c1-13-11-25-8-7-15(13)17-9-20-21(10-18(17)16-5-3-4-6-19(16)24)30-12-22-26-27-23(29)14(2)28(20)22;/h3-6,9-10,13-15,25H,7-8,11-12H2,1-2H3,(H,27,29);1H/t13?,14-,15?;/m1./s1. The van der Waals surface area contributed by atoms with E-state index in [2.05, 4.69) is 28.8 Å². The molecule has 0 aromatic heterocycles. The quantitative estimate of drug-likeness (QED) is 0.742. The van der Waals surface area contributed by atoms with Gasteiger partial charge in [-0.15, -0.1) is 12.4 Å². The number of fused-ring (bicyclic) bond motifs is 3. The molecule has 3 heterocycles. The maximum absolute atomic E-state index is 14.8. The van der Waals surface area contributed by atoms with E-state index >= 15 is 0 Å². The van der Waals surface area contributed by atoms with E-state index in [0.29, 0.717) is 23.1 Å². The van der Waals surface area contributed by atoms with E-state index in [1.165, 1.54) is 6.07 Å². The van der Waals surface area contributed by atoms with Crippen LogP contribution >= 0.6 is 12.4 Å². The molecule has 2 N–H and O–H groups in total. The topological polar surface area (TPSA) is 66.0 Å². The molecule has 31 heavy (non-hydrogen) atoms. The molecule has 3 atom stereocenters. The molecular formula is C23H26ClFN4O2. The van der Waals surface area contributed by atoms with Crippen LogP contribution in [-0.4, -0.2) is 37.5 Å². The first-order chi connectivity index (χ1) is 14.5. The zero-order valence-electron chi connectivity index (χ0n) is 17.5. The van der Waals surface area contributed by atoms with Gasteiger partial charge in [0, 0.05) is 5.56 Å². The van der Waals surface area contributed by atoms with Gasteiger partial charge in [0.1, 0.15) is 24.2 Å². The molecule has 8 heteroatoms. The van der Waals surface area contributed by atoms with Gasteiger partial charge < -0.3 is 15.0 Å². The number of rotatable bonds is 2. The molecule has 2 unspecified atom stereocenters. The number of carbonyl (C=O) groups is 1. The van der Waals surface area contributed by atoms with E-state index in [9.17, 15) is 9.18 Å². The normalized spacial score (nSPS) is 24.7. The van der Waals surface area contributed by atoms with Gasteiger partial charge in [0.15, 0.2) is 5.84 Å². The van der Waals surface area contributed by atoms with Crippen LogP contribution in [-0.2, 0) is 4.79 Å². The zero-order chi connectivity index (χ0) is 20.8. The molecule has 0 aliphatic carbocycles. The molecule has 164 valence electrons. The number of anilines is 1. The summed E-state index contributed by atoms with van der Waals surface area (Å²) < 4.78 is 20.8. The molecule has 3 aliphatic rings. The molecule has 6 nitrogen and oxygen atoms in total. The lowest BCUT2D eigenvalue weighted by Gasteiger charge is -2.39. The van der Waals surface area contributed by atoms with Gasteiger partial charge in [-0.25, -0.2) is 9.82 Å². The second-order valence-corrected chi connectivity index (χ2v) is 8.30. The maximum Gasteiger partial charge on any atom is 0.262 e. The lowest BCUT2D eigenvalue weighted by molar-refractivity contribution is -0.122. The van der Waals surface area contributed by atoms with E-state index in [0.717, 1.165) is 36.3 Å². The van der Waals surface area contributed by atoms with Crippen LogP contribution < -0.4 is 20.4 Å². The highest BCUT2D eigenvalue weighted by molar-refractivity contribution is 6.09. The summed E-state index contributed by atoms with van der Waals surface area (Å²) in [4.78, 5) is 14.2. The van der Waals surface area contributed by atoms with Gasteiger partial charge in [0.25, 0.3) is 5.91 Å². The summed E-state index contributed by atoms with van der Waals surface area (Å²) in [6.45, 7) is 6.19. The number of hydrogen-bond donors (Lipinski definition) is 2. The fraction of sp³-hybridized carbons (Fsp3) is 0.391. The number of halogens is 2. The Kier molecular flexibility index (Phi) is 5.90. The average Bonchev–Trinajstić information content (AvgIpc) is 2.76. The number of carbonyl (C=O) groups excluding carboxylic acids is 1. The van der Waals surface area contributed by atoms with Crippen LogP contribution in [0, 0.1) is 11.7 Å². The summed E-state index contributed by atoms with van der Waals surface area (Å²) in [7, 11) is 0. The first-order valence-electron chi connectivity index (χ1n) is 10.5. The van der Waals surface area contributed by atoms with E-state index in [-0.39, 0.29) is 36.7 Å². The van der Waals surface area contributed by atoms with Crippen molar-refractivity contribution in [1.29, 1.82) is 0 Å². The third-order valence-electron chi connectivity index (χ3n) is 6.44. The Balaban J connectivity index is 0.00000231. The lowest BCUT2D eigenvalue weighted by Crippen LogP contribution is -2.55. The summed E-state index contributed by atoms with van der Waals surface area (Å²) in [5.74, 6) is 1.62. The highest BCUT2D eigenvalue weighted by Gasteiger charge is 2.37. The van der Waals surface area contributed by atoms with Crippen LogP contribution in [0.1, 0.15) is 31.7 Å². The summed E-state index contributed by atoms with van der Waals surface area (Å²) >= 11 is 0. The number of hydrazone groups is 1. The van der Waals surface area contributed by atoms with Crippen LogP contribution in [0.3, 0.4) is 0 Å². The molecule has 2 aromatic carbocycles. The minimum atomic E-state index is -0.391. The average molecular weight is 445 g/mol. The number of benzene rings is 2. The largest absolute Gasteiger partial charge is 0.483 e. The number of amides is 1. The molecule has 1 amide bonds. The SMILES string of the molecule is CC1CNCCC1c1cc2c(cc1-c1ccccc1F)OCC1=NNC(=O)[C@@H](C)N12.Cl. The van der Waals surface area contributed by atoms with Gasteiger partial charge in [0.05, 0.1) is 5.69 Å². The van der Waals surface area contributed by atoms with Crippen molar-refractivity contribution in [2.75, 3.05) is 24.6 Å². The van der Waals surface area contributed by atoms with E-state index in [4.69, 9.17) is 4.74 Å². The third kappa shape index (κ3) is 3.66. The van der Waals surface area contributed by atoms with Gasteiger partial charge in [-0.1, -0.05) is 25.1 Å². The highest BCUT2D eigenvalue weighted by Crippen LogP contribution is 2.45. The fourth-order valence-electron chi connectivity index (χ4n) is 4.78. The number of ether oxygens (including phenoxy) is 1. The molecule has 0 bridgehead atoms. The molecule has 0 saturated carbocycles. The summed E-state index contributed by atoms with van der Waals surface area (Å²) in [6.07, 6.45) is 0.971. The summed E-state index contributed by atoms with van der Waals surface area (Å²) in [5.41, 5.74) is 5.92. The number of amidine groups is 1.